The molecule has 3 nitrogen and oxygen atoms in total. The van der Waals surface area contributed by atoms with Gasteiger partial charge in [-0.05, 0) is 12.1 Å². The fourth-order valence-corrected chi connectivity index (χ4v) is 2.07. The second-order valence-corrected chi connectivity index (χ2v) is 5.58. The van der Waals surface area contributed by atoms with E-state index in [-0.39, 0.29) is 5.69 Å². The number of imidazole rings is 1. The summed E-state index contributed by atoms with van der Waals surface area (Å²) in [5.74, 6) is 0. The average Bonchev–Trinajstić information content (AvgIpc) is 2.69. The Morgan fingerprint density at radius 2 is 1.70 bits per heavy atom. The Kier molecular flexibility index (Phi) is 3.28. The lowest BCUT2D eigenvalue weighted by atomic mass is 9.92. The summed E-state index contributed by atoms with van der Waals surface area (Å²) in [6, 6.07) is 5.06. The van der Waals surface area contributed by atoms with E-state index in [4.69, 9.17) is 0 Å². The van der Waals surface area contributed by atoms with Gasteiger partial charge in [0.1, 0.15) is 0 Å². The third-order valence-electron chi connectivity index (χ3n) is 3.00. The van der Waals surface area contributed by atoms with Crippen LogP contribution in [0.5, 0.6) is 0 Å². The van der Waals surface area contributed by atoms with Gasteiger partial charge in [0.05, 0.1) is 11.3 Å². The van der Waals surface area contributed by atoms with Crippen molar-refractivity contribution in [1.82, 2.24) is 9.55 Å². The highest BCUT2D eigenvalue weighted by Crippen LogP contribution is 2.34. The van der Waals surface area contributed by atoms with Crippen molar-refractivity contribution in [2.24, 2.45) is 0 Å². The number of hydrogen-bond acceptors (Lipinski definition) is 1. The van der Waals surface area contributed by atoms with E-state index in [0.29, 0.717) is 5.69 Å². The zero-order valence-corrected chi connectivity index (χ0v) is 11.4. The van der Waals surface area contributed by atoms with Gasteiger partial charge < -0.3 is 4.98 Å². The molecule has 0 fully saturated rings. The molecule has 1 heterocycles. The number of nitrogens with zero attached hydrogens (tertiary/aromatic N) is 1. The van der Waals surface area contributed by atoms with Gasteiger partial charge in [-0.15, -0.1) is 0 Å². The zero-order valence-electron chi connectivity index (χ0n) is 11.4. The van der Waals surface area contributed by atoms with Crippen LogP contribution in [0, 0.1) is 0 Å². The maximum atomic E-state index is 13.1. The first kappa shape index (κ1) is 14.4. The average molecular weight is 284 g/mol. The first-order valence-electron chi connectivity index (χ1n) is 6.10. The number of alkyl halides is 3. The molecule has 2 rings (SSSR count). The van der Waals surface area contributed by atoms with E-state index in [2.05, 4.69) is 4.98 Å². The fourth-order valence-electron chi connectivity index (χ4n) is 2.07. The lowest BCUT2D eigenvalue weighted by Crippen LogP contribution is -2.25. The second kappa shape index (κ2) is 4.54. The second-order valence-electron chi connectivity index (χ2n) is 5.58. The van der Waals surface area contributed by atoms with E-state index in [1.54, 1.807) is 0 Å². The molecule has 0 saturated carbocycles. The Morgan fingerprint density at radius 1 is 1.10 bits per heavy atom. The number of aromatic nitrogens is 2. The highest BCUT2D eigenvalue weighted by molar-refractivity contribution is 5.44. The van der Waals surface area contributed by atoms with Crippen LogP contribution in [0.3, 0.4) is 0 Å². The van der Waals surface area contributed by atoms with Gasteiger partial charge in [-0.1, -0.05) is 32.9 Å². The Balaban J connectivity index is 2.77. The molecular weight excluding hydrogens is 269 g/mol. The first-order chi connectivity index (χ1) is 9.12. The Labute approximate surface area is 114 Å². The molecule has 0 unspecified atom stereocenters. The first-order valence-corrected chi connectivity index (χ1v) is 6.10. The Morgan fingerprint density at radius 3 is 2.25 bits per heavy atom. The summed E-state index contributed by atoms with van der Waals surface area (Å²) in [6.07, 6.45) is -3.06. The Bertz CT molecular complexity index is 675. The third-order valence-corrected chi connectivity index (χ3v) is 3.00. The summed E-state index contributed by atoms with van der Waals surface area (Å²) < 4.78 is 40.3. The molecule has 1 aromatic heterocycles. The Hall–Kier alpha value is -1.98. The van der Waals surface area contributed by atoms with Gasteiger partial charge in [-0.25, -0.2) is 4.79 Å². The van der Waals surface area contributed by atoms with Crippen LogP contribution in [0.2, 0.25) is 0 Å². The van der Waals surface area contributed by atoms with Gasteiger partial charge in [-0.2, -0.15) is 13.2 Å². The fraction of sp³-hybridized carbons (Fsp3) is 0.357. The van der Waals surface area contributed by atoms with Crippen LogP contribution in [-0.2, 0) is 11.6 Å². The summed E-state index contributed by atoms with van der Waals surface area (Å²) in [6.45, 7) is 5.51. The molecule has 0 radical (unpaired) electrons. The van der Waals surface area contributed by atoms with E-state index in [1.807, 2.05) is 20.8 Å². The molecule has 2 aromatic rings. The highest BCUT2D eigenvalue weighted by Gasteiger charge is 2.35. The van der Waals surface area contributed by atoms with Gasteiger partial charge in [-0.3, -0.25) is 4.57 Å². The van der Waals surface area contributed by atoms with Gasteiger partial charge in [0, 0.05) is 17.3 Å². The van der Waals surface area contributed by atoms with Crippen molar-refractivity contribution in [2.75, 3.05) is 0 Å². The molecule has 0 aliphatic carbocycles. The number of aromatic amines is 1. The van der Waals surface area contributed by atoms with Gasteiger partial charge in [0.25, 0.3) is 0 Å². The van der Waals surface area contributed by atoms with Crippen LogP contribution < -0.4 is 5.69 Å². The van der Waals surface area contributed by atoms with E-state index in [1.165, 1.54) is 24.4 Å². The maximum absolute atomic E-state index is 13.1. The number of halogens is 3. The normalized spacial score (nSPS) is 12.7. The zero-order chi connectivity index (χ0) is 15.1. The van der Waals surface area contributed by atoms with Crippen LogP contribution in [0.15, 0.2) is 35.3 Å². The number of H-pyrrole nitrogens is 1. The monoisotopic (exact) mass is 284 g/mol. The predicted molar refractivity (Wildman–Crippen MR) is 70.1 cm³/mol. The summed E-state index contributed by atoms with van der Waals surface area (Å²) in [4.78, 5) is 14.4. The van der Waals surface area contributed by atoms with Crippen molar-refractivity contribution in [1.29, 1.82) is 0 Å². The molecule has 1 aromatic carbocycles. The maximum Gasteiger partial charge on any atom is 0.418 e. The van der Waals surface area contributed by atoms with Gasteiger partial charge >= 0.3 is 11.9 Å². The van der Waals surface area contributed by atoms with E-state index in [0.717, 1.165) is 10.6 Å². The third kappa shape index (κ3) is 2.50. The molecule has 20 heavy (non-hydrogen) atoms. The van der Waals surface area contributed by atoms with E-state index in [9.17, 15) is 18.0 Å². The summed E-state index contributed by atoms with van der Waals surface area (Å²) >= 11 is 0. The predicted octanol–water partition coefficient (Wildman–Crippen LogP) is 3.48. The minimum Gasteiger partial charge on any atom is -0.312 e. The number of benzene rings is 1. The van der Waals surface area contributed by atoms with Crippen LogP contribution in [0.25, 0.3) is 5.69 Å². The van der Waals surface area contributed by atoms with Crippen molar-refractivity contribution < 1.29 is 13.2 Å². The minimum absolute atomic E-state index is 0.156. The largest absolute Gasteiger partial charge is 0.418 e. The van der Waals surface area contributed by atoms with Crippen LogP contribution in [-0.4, -0.2) is 9.55 Å². The van der Waals surface area contributed by atoms with E-state index < -0.39 is 22.8 Å². The van der Waals surface area contributed by atoms with Crippen molar-refractivity contribution >= 4 is 0 Å². The van der Waals surface area contributed by atoms with Crippen molar-refractivity contribution in [2.45, 2.75) is 32.4 Å². The van der Waals surface area contributed by atoms with Crippen LogP contribution in [0.4, 0.5) is 13.2 Å². The number of hydrogen-bond donors (Lipinski definition) is 1. The highest BCUT2D eigenvalue weighted by atomic mass is 19.4. The molecule has 0 atom stereocenters. The van der Waals surface area contributed by atoms with Gasteiger partial charge in [0.15, 0.2) is 0 Å². The molecule has 0 bridgehead atoms. The molecule has 0 aliphatic rings. The quantitative estimate of drug-likeness (QED) is 0.855. The molecule has 0 aliphatic heterocycles. The van der Waals surface area contributed by atoms with Gasteiger partial charge in [0.2, 0.25) is 0 Å². The van der Waals surface area contributed by atoms with Crippen molar-refractivity contribution in [3.8, 4) is 5.69 Å². The van der Waals surface area contributed by atoms with Crippen molar-refractivity contribution in [3.63, 3.8) is 0 Å². The number of rotatable bonds is 1. The molecule has 0 spiro atoms. The molecule has 6 heteroatoms. The van der Waals surface area contributed by atoms with Crippen LogP contribution in [0.1, 0.15) is 32.0 Å². The van der Waals surface area contributed by atoms with Crippen molar-refractivity contribution in [3.05, 3.63) is 52.2 Å². The summed E-state index contributed by atoms with van der Waals surface area (Å²) in [5.41, 5.74) is -1.52. The summed E-state index contributed by atoms with van der Waals surface area (Å²) in [7, 11) is 0. The molecule has 1 N–H and O–H groups in total. The smallest absolute Gasteiger partial charge is 0.312 e. The standard InChI is InChI=1S/C14H15F3N2O/c1-13(2,3)11-8-18-12(20)19(11)10-7-5-4-6-9(10)14(15,16)17/h4-8H,1-3H3,(H,18,20). The SMILES string of the molecule is CC(C)(C)c1c[nH]c(=O)n1-c1ccccc1C(F)(F)F. The number of para-hydroxylation sites is 1. The lowest BCUT2D eigenvalue weighted by Gasteiger charge is -2.22. The lowest BCUT2D eigenvalue weighted by molar-refractivity contribution is -0.137. The molecular formula is C14H15F3N2O. The molecule has 108 valence electrons. The summed E-state index contributed by atoms with van der Waals surface area (Å²) in [5, 5.41) is 0. The van der Waals surface area contributed by atoms with Crippen LogP contribution >= 0.6 is 0 Å². The van der Waals surface area contributed by atoms with E-state index >= 15 is 0 Å². The topological polar surface area (TPSA) is 37.8 Å². The molecule has 0 saturated heterocycles. The minimum atomic E-state index is -4.51. The number of nitrogens with one attached hydrogen (secondary N) is 1. The molecule has 0 amide bonds.